The van der Waals surface area contributed by atoms with Crippen LogP contribution in [0.1, 0.15) is 27.0 Å². The van der Waals surface area contributed by atoms with Gasteiger partial charge in [-0.05, 0) is 42.1 Å². The summed E-state index contributed by atoms with van der Waals surface area (Å²) in [5.74, 6) is 0.111. The average molecular weight is 294 g/mol. The minimum atomic E-state index is 0.111. The standard InChI is InChI=1S/C17H14N2OS/c1-2-14-5-6-17(21-14)16(20)11-19-8-7-13-4-3-12(10-18)9-15(13)19/h3-9H,2,11H2,1H3. The lowest BCUT2D eigenvalue weighted by Gasteiger charge is -2.04. The van der Waals surface area contributed by atoms with Gasteiger partial charge in [0.15, 0.2) is 5.78 Å². The number of ketones is 1. The number of fused-ring (bicyclic) bond motifs is 1. The molecule has 0 fully saturated rings. The number of thiophene rings is 1. The third kappa shape index (κ3) is 2.61. The van der Waals surface area contributed by atoms with Crippen LogP contribution in [0.4, 0.5) is 0 Å². The van der Waals surface area contributed by atoms with Gasteiger partial charge in [-0.25, -0.2) is 0 Å². The number of hydrogen-bond acceptors (Lipinski definition) is 3. The van der Waals surface area contributed by atoms with Gasteiger partial charge in [-0.1, -0.05) is 13.0 Å². The first-order chi connectivity index (χ1) is 10.2. The van der Waals surface area contributed by atoms with Crippen molar-refractivity contribution in [3.63, 3.8) is 0 Å². The Morgan fingerprint density at radius 1 is 1.29 bits per heavy atom. The summed E-state index contributed by atoms with van der Waals surface area (Å²) in [4.78, 5) is 14.4. The predicted molar refractivity (Wildman–Crippen MR) is 84.7 cm³/mol. The summed E-state index contributed by atoms with van der Waals surface area (Å²) in [6.07, 6.45) is 2.86. The highest BCUT2D eigenvalue weighted by Gasteiger charge is 2.11. The second-order valence-corrected chi connectivity index (χ2v) is 6.04. The molecule has 0 unspecified atom stereocenters. The van der Waals surface area contributed by atoms with Crippen molar-refractivity contribution in [2.24, 2.45) is 0 Å². The van der Waals surface area contributed by atoms with Gasteiger partial charge in [0, 0.05) is 16.6 Å². The van der Waals surface area contributed by atoms with Gasteiger partial charge in [0.2, 0.25) is 0 Å². The molecule has 21 heavy (non-hydrogen) atoms. The van der Waals surface area contributed by atoms with Crippen LogP contribution in [0.15, 0.2) is 42.6 Å². The molecular weight excluding hydrogens is 280 g/mol. The molecule has 0 atom stereocenters. The van der Waals surface area contributed by atoms with Crippen LogP contribution in [-0.2, 0) is 13.0 Å². The lowest BCUT2D eigenvalue weighted by atomic mass is 10.2. The molecule has 3 aromatic rings. The molecule has 3 rings (SSSR count). The van der Waals surface area contributed by atoms with Gasteiger partial charge in [-0.2, -0.15) is 5.26 Å². The van der Waals surface area contributed by atoms with E-state index in [9.17, 15) is 4.79 Å². The summed E-state index contributed by atoms with van der Waals surface area (Å²) in [5, 5.41) is 10.0. The first kappa shape index (κ1) is 13.6. The van der Waals surface area contributed by atoms with Crippen molar-refractivity contribution >= 4 is 28.0 Å². The summed E-state index contributed by atoms with van der Waals surface area (Å²) in [5.41, 5.74) is 1.54. The van der Waals surface area contributed by atoms with E-state index >= 15 is 0 Å². The van der Waals surface area contributed by atoms with Crippen molar-refractivity contribution in [2.45, 2.75) is 19.9 Å². The van der Waals surface area contributed by atoms with E-state index in [-0.39, 0.29) is 5.78 Å². The minimum Gasteiger partial charge on any atom is -0.340 e. The summed E-state index contributed by atoms with van der Waals surface area (Å²) in [7, 11) is 0. The largest absolute Gasteiger partial charge is 0.340 e. The molecule has 4 heteroatoms. The molecule has 1 aromatic carbocycles. The molecule has 0 spiro atoms. The van der Waals surface area contributed by atoms with Crippen LogP contribution in [0.3, 0.4) is 0 Å². The number of nitriles is 1. The van der Waals surface area contributed by atoms with E-state index in [1.165, 1.54) is 4.88 Å². The summed E-state index contributed by atoms with van der Waals surface area (Å²) < 4.78 is 1.91. The number of nitrogens with zero attached hydrogens (tertiary/aromatic N) is 2. The monoisotopic (exact) mass is 294 g/mol. The molecule has 3 nitrogen and oxygen atoms in total. The molecule has 0 aliphatic heterocycles. The number of rotatable bonds is 4. The minimum absolute atomic E-state index is 0.111. The van der Waals surface area contributed by atoms with E-state index in [1.807, 2.05) is 41.1 Å². The predicted octanol–water partition coefficient (Wildman–Crippen LogP) is 4.02. The third-order valence-corrected chi connectivity index (χ3v) is 4.77. The van der Waals surface area contributed by atoms with Crippen LogP contribution < -0.4 is 0 Å². The highest BCUT2D eigenvalue weighted by Crippen LogP contribution is 2.21. The molecule has 0 aliphatic rings. The summed E-state index contributed by atoms with van der Waals surface area (Å²) >= 11 is 1.56. The molecule has 0 saturated heterocycles. The normalized spacial score (nSPS) is 10.7. The molecular formula is C17H14N2OS. The number of aromatic nitrogens is 1. The lowest BCUT2D eigenvalue weighted by Crippen LogP contribution is -2.07. The van der Waals surface area contributed by atoms with Crippen LogP contribution in [0.25, 0.3) is 10.9 Å². The maximum Gasteiger partial charge on any atom is 0.192 e. The van der Waals surface area contributed by atoms with E-state index in [2.05, 4.69) is 13.0 Å². The van der Waals surface area contributed by atoms with Gasteiger partial charge in [0.1, 0.15) is 0 Å². The average Bonchev–Trinajstić information content (AvgIpc) is 3.14. The van der Waals surface area contributed by atoms with Crippen LogP contribution in [0.5, 0.6) is 0 Å². The number of hydrogen-bond donors (Lipinski definition) is 0. The fourth-order valence-corrected chi connectivity index (χ4v) is 3.22. The molecule has 0 amide bonds. The van der Waals surface area contributed by atoms with E-state index in [0.29, 0.717) is 12.1 Å². The first-order valence-electron chi connectivity index (χ1n) is 6.82. The van der Waals surface area contributed by atoms with Crippen LogP contribution >= 0.6 is 11.3 Å². The Hall–Kier alpha value is -2.38. The maximum atomic E-state index is 12.4. The van der Waals surface area contributed by atoms with Gasteiger partial charge in [0.25, 0.3) is 0 Å². The van der Waals surface area contributed by atoms with Gasteiger partial charge in [0.05, 0.1) is 23.1 Å². The highest BCUT2D eigenvalue weighted by molar-refractivity contribution is 7.14. The van der Waals surface area contributed by atoms with Crippen molar-refractivity contribution in [3.05, 3.63) is 57.9 Å². The molecule has 2 heterocycles. The SMILES string of the molecule is CCc1ccc(C(=O)Cn2ccc3ccc(C#N)cc32)s1. The fourth-order valence-electron chi connectivity index (χ4n) is 2.34. The maximum absolute atomic E-state index is 12.4. The Morgan fingerprint density at radius 2 is 2.14 bits per heavy atom. The fraction of sp³-hybridized carbons (Fsp3) is 0.176. The number of carbonyl (C=O) groups is 1. The van der Waals surface area contributed by atoms with Crippen molar-refractivity contribution in [3.8, 4) is 6.07 Å². The molecule has 2 aromatic heterocycles. The zero-order valence-corrected chi connectivity index (χ0v) is 12.5. The van der Waals surface area contributed by atoms with E-state index < -0.39 is 0 Å². The van der Waals surface area contributed by atoms with Crippen molar-refractivity contribution < 1.29 is 4.79 Å². The van der Waals surface area contributed by atoms with Crippen molar-refractivity contribution in [1.82, 2.24) is 4.57 Å². The molecule has 0 saturated carbocycles. The van der Waals surface area contributed by atoms with E-state index in [0.717, 1.165) is 22.2 Å². The number of aryl methyl sites for hydroxylation is 1. The van der Waals surface area contributed by atoms with E-state index in [1.54, 1.807) is 17.4 Å². The Labute approximate surface area is 127 Å². The van der Waals surface area contributed by atoms with Crippen molar-refractivity contribution in [2.75, 3.05) is 0 Å². The molecule has 0 bridgehead atoms. The number of benzene rings is 1. The van der Waals surface area contributed by atoms with Crippen molar-refractivity contribution in [1.29, 1.82) is 5.26 Å². The Bertz CT molecular complexity index is 851. The zero-order valence-electron chi connectivity index (χ0n) is 11.7. The van der Waals surface area contributed by atoms with Gasteiger partial charge in [-0.15, -0.1) is 11.3 Å². The first-order valence-corrected chi connectivity index (χ1v) is 7.64. The molecule has 0 aliphatic carbocycles. The smallest absolute Gasteiger partial charge is 0.192 e. The summed E-state index contributed by atoms with van der Waals surface area (Å²) in [6, 6.07) is 13.6. The third-order valence-electron chi connectivity index (χ3n) is 3.50. The topological polar surface area (TPSA) is 45.8 Å². The summed E-state index contributed by atoms with van der Waals surface area (Å²) in [6.45, 7) is 2.39. The molecule has 0 N–H and O–H groups in total. The Balaban J connectivity index is 1.91. The molecule has 0 radical (unpaired) electrons. The van der Waals surface area contributed by atoms with Gasteiger partial charge < -0.3 is 4.57 Å². The van der Waals surface area contributed by atoms with E-state index in [4.69, 9.17) is 5.26 Å². The van der Waals surface area contributed by atoms with Crippen LogP contribution in [-0.4, -0.2) is 10.4 Å². The number of carbonyl (C=O) groups excluding carboxylic acids is 1. The number of Topliss-reactive ketones (excluding diaryl/α,β-unsaturated/α-hetero) is 1. The Morgan fingerprint density at radius 3 is 2.86 bits per heavy atom. The second kappa shape index (κ2) is 5.55. The van der Waals surface area contributed by atoms with Crippen LogP contribution in [0, 0.1) is 11.3 Å². The van der Waals surface area contributed by atoms with Gasteiger partial charge >= 0.3 is 0 Å². The second-order valence-electron chi connectivity index (χ2n) is 4.87. The highest BCUT2D eigenvalue weighted by atomic mass is 32.1. The quantitative estimate of drug-likeness (QED) is 0.682. The zero-order chi connectivity index (χ0) is 14.8. The van der Waals surface area contributed by atoms with Crippen LogP contribution in [0.2, 0.25) is 0 Å². The van der Waals surface area contributed by atoms with Gasteiger partial charge in [-0.3, -0.25) is 4.79 Å². The Kier molecular flexibility index (Phi) is 3.59. The lowest BCUT2D eigenvalue weighted by molar-refractivity contribution is 0.0977. The molecule has 104 valence electrons.